The molecule has 2 fully saturated rings. The average molecular weight is 592 g/mol. The van der Waals surface area contributed by atoms with Gasteiger partial charge in [0, 0.05) is 43.5 Å². The zero-order chi connectivity index (χ0) is 26.9. The van der Waals surface area contributed by atoms with Gasteiger partial charge in [-0.2, -0.15) is 18.3 Å². The highest BCUT2D eigenvalue weighted by molar-refractivity contribution is 9.10. The first-order valence-electron chi connectivity index (χ1n) is 12.6. The van der Waals surface area contributed by atoms with Crippen LogP contribution in [0.5, 0.6) is 5.75 Å². The van der Waals surface area contributed by atoms with Crippen molar-refractivity contribution in [2.24, 2.45) is 7.05 Å². The lowest BCUT2D eigenvalue weighted by Crippen LogP contribution is -2.32. The zero-order valence-electron chi connectivity index (χ0n) is 20.9. The van der Waals surface area contributed by atoms with Gasteiger partial charge in [0.05, 0.1) is 21.9 Å². The number of halogens is 4. The number of nitrogens with zero attached hydrogens (tertiary/aromatic N) is 3. The van der Waals surface area contributed by atoms with E-state index in [9.17, 15) is 18.0 Å². The van der Waals surface area contributed by atoms with Crippen molar-refractivity contribution in [1.82, 2.24) is 20.0 Å². The van der Waals surface area contributed by atoms with Crippen molar-refractivity contribution in [1.29, 1.82) is 0 Å². The van der Waals surface area contributed by atoms with E-state index in [1.807, 2.05) is 13.1 Å². The number of urea groups is 1. The van der Waals surface area contributed by atoms with E-state index in [1.165, 1.54) is 37.8 Å². The molecule has 2 bridgehead atoms. The summed E-state index contributed by atoms with van der Waals surface area (Å²) in [5, 5.41) is 9.69. The Morgan fingerprint density at radius 3 is 2.53 bits per heavy atom. The topological polar surface area (TPSA) is 71.4 Å². The number of benzene rings is 2. The second-order valence-corrected chi connectivity index (χ2v) is 10.6. The standard InChI is InChI=1S/C27H29BrF3N5O2/c1-35-25(23(28)16-33-35)22-14-19(5-10-24(22)38-12-11-36-20-6-7-21(36)9-8-20)34-26(37)32-15-17-3-2-4-18(13-17)27(29,30)31/h2-5,10,13-14,16,20-21H,6-9,11-12,15H2,1H3,(H2,32,34,37). The first kappa shape index (κ1) is 26.6. The molecule has 0 unspecified atom stereocenters. The van der Waals surface area contributed by atoms with Gasteiger partial charge in [0.25, 0.3) is 0 Å². The lowest BCUT2D eigenvalue weighted by Gasteiger charge is -2.22. The third-order valence-corrected chi connectivity index (χ3v) is 7.89. The number of aryl methyl sites for hydroxylation is 1. The number of aromatic nitrogens is 2. The number of amides is 2. The van der Waals surface area contributed by atoms with Gasteiger partial charge in [-0.05, 0) is 77.5 Å². The highest BCUT2D eigenvalue weighted by atomic mass is 79.9. The third-order valence-electron chi connectivity index (χ3n) is 7.31. The summed E-state index contributed by atoms with van der Waals surface area (Å²) in [4.78, 5) is 15.1. The molecule has 3 aromatic rings. The van der Waals surface area contributed by atoms with E-state index in [0.29, 0.717) is 35.7 Å². The summed E-state index contributed by atoms with van der Waals surface area (Å²) in [6, 6.07) is 11.1. The maximum atomic E-state index is 13.0. The van der Waals surface area contributed by atoms with Crippen molar-refractivity contribution in [2.75, 3.05) is 18.5 Å². The Morgan fingerprint density at radius 2 is 1.87 bits per heavy atom. The molecule has 2 amide bonds. The summed E-state index contributed by atoms with van der Waals surface area (Å²) in [5.41, 5.74) is 1.67. The number of rotatable bonds is 8. The van der Waals surface area contributed by atoms with Crippen LogP contribution in [0.25, 0.3) is 11.3 Å². The molecule has 2 aliphatic heterocycles. The Balaban J connectivity index is 1.26. The van der Waals surface area contributed by atoms with E-state index in [-0.39, 0.29) is 6.54 Å². The van der Waals surface area contributed by atoms with Crippen LogP contribution in [0.15, 0.2) is 53.1 Å². The van der Waals surface area contributed by atoms with Crippen molar-refractivity contribution in [3.8, 4) is 17.0 Å². The Hall–Kier alpha value is -3.05. The third kappa shape index (κ3) is 5.83. The average Bonchev–Trinajstić information content (AvgIpc) is 3.57. The molecule has 5 rings (SSSR count). The normalized spacial score (nSPS) is 19.1. The van der Waals surface area contributed by atoms with Gasteiger partial charge in [0.15, 0.2) is 0 Å². The van der Waals surface area contributed by atoms with Crippen LogP contribution in [-0.2, 0) is 19.8 Å². The van der Waals surface area contributed by atoms with E-state index >= 15 is 0 Å². The van der Waals surface area contributed by atoms with E-state index < -0.39 is 17.8 Å². The molecule has 0 saturated carbocycles. The Labute approximate surface area is 227 Å². The number of nitrogens with one attached hydrogen (secondary N) is 2. The smallest absolute Gasteiger partial charge is 0.416 e. The van der Waals surface area contributed by atoms with Crippen LogP contribution >= 0.6 is 15.9 Å². The minimum atomic E-state index is -4.44. The Bertz CT molecular complexity index is 1270. The number of carbonyl (C=O) groups excluding carboxylic acids is 1. The monoisotopic (exact) mass is 591 g/mol. The first-order valence-corrected chi connectivity index (χ1v) is 13.4. The van der Waals surface area contributed by atoms with Gasteiger partial charge < -0.3 is 15.4 Å². The molecule has 2 N–H and O–H groups in total. The van der Waals surface area contributed by atoms with Crippen LogP contribution in [0.4, 0.5) is 23.7 Å². The maximum absolute atomic E-state index is 13.0. The molecule has 38 heavy (non-hydrogen) atoms. The van der Waals surface area contributed by atoms with Crippen molar-refractivity contribution in [2.45, 2.75) is 50.5 Å². The van der Waals surface area contributed by atoms with Crippen LogP contribution in [-0.4, -0.2) is 45.9 Å². The minimum absolute atomic E-state index is 0.0461. The summed E-state index contributed by atoms with van der Waals surface area (Å²) in [6.07, 6.45) is 2.35. The van der Waals surface area contributed by atoms with Gasteiger partial charge in [-0.1, -0.05) is 12.1 Å². The number of ether oxygens (including phenoxy) is 1. The highest BCUT2D eigenvalue weighted by Gasteiger charge is 2.38. The molecule has 0 spiro atoms. The molecule has 2 saturated heterocycles. The lowest BCUT2D eigenvalue weighted by molar-refractivity contribution is -0.137. The molecule has 2 aromatic carbocycles. The highest BCUT2D eigenvalue weighted by Crippen LogP contribution is 2.39. The van der Waals surface area contributed by atoms with Gasteiger partial charge in [-0.25, -0.2) is 4.79 Å². The fourth-order valence-corrected chi connectivity index (χ4v) is 6.06. The van der Waals surface area contributed by atoms with Gasteiger partial charge >= 0.3 is 12.2 Å². The number of hydrogen-bond acceptors (Lipinski definition) is 4. The Morgan fingerprint density at radius 1 is 1.13 bits per heavy atom. The number of carbonyl (C=O) groups is 1. The summed E-state index contributed by atoms with van der Waals surface area (Å²) < 4.78 is 47.7. The fourth-order valence-electron chi connectivity index (χ4n) is 5.49. The molecular formula is C27H29BrF3N5O2. The number of alkyl halides is 3. The molecule has 3 heterocycles. The van der Waals surface area contributed by atoms with Crippen molar-refractivity contribution in [3.05, 3.63) is 64.3 Å². The molecular weight excluding hydrogens is 563 g/mol. The maximum Gasteiger partial charge on any atom is 0.416 e. The summed E-state index contributed by atoms with van der Waals surface area (Å²) >= 11 is 3.55. The van der Waals surface area contributed by atoms with Gasteiger partial charge in [-0.15, -0.1) is 0 Å². The number of hydrogen-bond donors (Lipinski definition) is 2. The predicted octanol–water partition coefficient (Wildman–Crippen LogP) is 6.20. The molecule has 0 atom stereocenters. The van der Waals surface area contributed by atoms with Gasteiger partial charge in [0.1, 0.15) is 12.4 Å². The van der Waals surface area contributed by atoms with Crippen LogP contribution in [0.2, 0.25) is 0 Å². The predicted molar refractivity (Wildman–Crippen MR) is 142 cm³/mol. The number of fused-ring (bicyclic) bond motifs is 2. The second-order valence-electron chi connectivity index (χ2n) is 9.73. The van der Waals surface area contributed by atoms with Crippen LogP contribution in [0, 0.1) is 0 Å². The second kappa shape index (κ2) is 11.0. The molecule has 202 valence electrons. The molecule has 1 aromatic heterocycles. The van der Waals surface area contributed by atoms with Crippen molar-refractivity contribution in [3.63, 3.8) is 0 Å². The van der Waals surface area contributed by atoms with Crippen molar-refractivity contribution >= 4 is 27.6 Å². The Kier molecular flexibility index (Phi) is 7.67. The molecule has 0 aliphatic carbocycles. The van der Waals surface area contributed by atoms with E-state index in [2.05, 4.69) is 36.6 Å². The summed E-state index contributed by atoms with van der Waals surface area (Å²) in [7, 11) is 1.83. The molecule has 7 nitrogen and oxygen atoms in total. The van der Waals surface area contributed by atoms with Crippen LogP contribution in [0.3, 0.4) is 0 Å². The summed E-state index contributed by atoms with van der Waals surface area (Å²) in [6.45, 7) is 1.38. The first-order chi connectivity index (χ1) is 18.2. The van der Waals surface area contributed by atoms with E-state index in [0.717, 1.165) is 34.4 Å². The van der Waals surface area contributed by atoms with E-state index in [4.69, 9.17) is 4.74 Å². The van der Waals surface area contributed by atoms with Crippen molar-refractivity contribution < 1.29 is 22.7 Å². The zero-order valence-corrected chi connectivity index (χ0v) is 22.5. The quantitative estimate of drug-likeness (QED) is 0.327. The minimum Gasteiger partial charge on any atom is -0.492 e. The molecule has 2 aliphatic rings. The van der Waals surface area contributed by atoms with Crippen LogP contribution in [0.1, 0.15) is 36.8 Å². The number of anilines is 1. The van der Waals surface area contributed by atoms with Gasteiger partial charge in [0.2, 0.25) is 0 Å². The summed E-state index contributed by atoms with van der Waals surface area (Å²) in [5.74, 6) is 0.677. The van der Waals surface area contributed by atoms with Gasteiger partial charge in [-0.3, -0.25) is 9.58 Å². The lowest BCUT2D eigenvalue weighted by atomic mass is 10.0. The van der Waals surface area contributed by atoms with Crippen LogP contribution < -0.4 is 15.4 Å². The molecule has 11 heteroatoms. The molecule has 0 radical (unpaired) electrons. The van der Waals surface area contributed by atoms with E-state index in [1.54, 1.807) is 23.0 Å². The SMILES string of the molecule is Cn1ncc(Br)c1-c1cc(NC(=O)NCc2cccc(C(F)(F)F)c2)ccc1OCCN1C2CCC1CC2. The largest absolute Gasteiger partial charge is 0.492 e. The fraction of sp³-hybridized carbons (Fsp3) is 0.407.